The van der Waals surface area contributed by atoms with Gasteiger partial charge >= 0.3 is 0 Å². The van der Waals surface area contributed by atoms with Crippen molar-refractivity contribution in [3.05, 3.63) is 64.4 Å². The molecule has 2 aromatic carbocycles. The van der Waals surface area contributed by atoms with Gasteiger partial charge in [0.1, 0.15) is 5.82 Å². The smallest absolute Gasteiger partial charge is 0.129 e. The zero-order chi connectivity index (χ0) is 13.0. The molecule has 94 valence electrons. The average molecular weight is 310 g/mol. The molecule has 4 heteroatoms. The van der Waals surface area contributed by atoms with Crippen LogP contribution in [0.5, 0.6) is 0 Å². The Kier molecular flexibility index (Phi) is 4.33. The van der Waals surface area contributed by atoms with Crippen molar-refractivity contribution in [1.29, 1.82) is 0 Å². The second-order valence-corrected chi connectivity index (χ2v) is 4.84. The van der Waals surface area contributed by atoms with Crippen molar-refractivity contribution in [2.24, 2.45) is 0 Å². The predicted molar refractivity (Wildman–Crippen MR) is 74.0 cm³/mol. The van der Waals surface area contributed by atoms with Crippen molar-refractivity contribution in [3.8, 4) is 0 Å². The summed E-state index contributed by atoms with van der Waals surface area (Å²) in [5.41, 5.74) is 1.18. The van der Waals surface area contributed by atoms with Gasteiger partial charge in [-0.2, -0.15) is 0 Å². The van der Waals surface area contributed by atoms with E-state index in [1.165, 1.54) is 6.07 Å². The van der Waals surface area contributed by atoms with E-state index < -0.39 is 6.10 Å². The van der Waals surface area contributed by atoms with Crippen molar-refractivity contribution in [2.75, 3.05) is 11.9 Å². The van der Waals surface area contributed by atoms with Crippen LogP contribution in [0, 0.1) is 5.82 Å². The van der Waals surface area contributed by atoms with Crippen LogP contribution in [0.3, 0.4) is 0 Å². The first-order chi connectivity index (χ1) is 8.66. The number of benzene rings is 2. The van der Waals surface area contributed by atoms with Crippen LogP contribution < -0.4 is 5.32 Å². The number of hydrogen-bond donors (Lipinski definition) is 2. The van der Waals surface area contributed by atoms with E-state index in [9.17, 15) is 9.50 Å². The minimum absolute atomic E-state index is 0.261. The third kappa shape index (κ3) is 3.31. The summed E-state index contributed by atoms with van der Waals surface area (Å²) in [7, 11) is 0. The van der Waals surface area contributed by atoms with Gasteiger partial charge in [-0.05, 0) is 24.3 Å². The van der Waals surface area contributed by atoms with E-state index in [0.29, 0.717) is 5.56 Å². The lowest BCUT2D eigenvalue weighted by Gasteiger charge is -2.14. The first kappa shape index (κ1) is 13.1. The van der Waals surface area contributed by atoms with Gasteiger partial charge in [0.05, 0.1) is 6.10 Å². The molecule has 2 aromatic rings. The molecule has 2 rings (SSSR count). The van der Waals surface area contributed by atoms with E-state index in [1.807, 2.05) is 24.3 Å². The summed E-state index contributed by atoms with van der Waals surface area (Å²) in [5, 5.41) is 13.0. The highest BCUT2D eigenvalue weighted by molar-refractivity contribution is 9.10. The zero-order valence-electron chi connectivity index (χ0n) is 9.61. The van der Waals surface area contributed by atoms with Gasteiger partial charge in [0.25, 0.3) is 0 Å². The molecule has 0 amide bonds. The topological polar surface area (TPSA) is 32.3 Å². The van der Waals surface area contributed by atoms with E-state index in [4.69, 9.17) is 0 Å². The molecule has 0 saturated heterocycles. The van der Waals surface area contributed by atoms with Crippen molar-refractivity contribution in [2.45, 2.75) is 6.10 Å². The second kappa shape index (κ2) is 5.98. The Morgan fingerprint density at radius 1 is 1.17 bits per heavy atom. The molecular formula is C14H13BrFNO. The minimum Gasteiger partial charge on any atom is -0.386 e. The Hall–Kier alpha value is -1.39. The number of hydrogen-bond acceptors (Lipinski definition) is 2. The molecule has 0 aliphatic carbocycles. The summed E-state index contributed by atoms with van der Waals surface area (Å²) in [5.74, 6) is -0.388. The van der Waals surface area contributed by atoms with Crippen molar-refractivity contribution >= 4 is 21.6 Å². The van der Waals surface area contributed by atoms with Crippen molar-refractivity contribution in [1.82, 2.24) is 0 Å². The Bertz CT molecular complexity index is 533. The number of aliphatic hydroxyl groups excluding tert-OH is 1. The van der Waals surface area contributed by atoms with E-state index in [1.54, 1.807) is 18.2 Å². The van der Waals surface area contributed by atoms with Gasteiger partial charge in [0.15, 0.2) is 0 Å². The molecule has 2 N–H and O–H groups in total. The van der Waals surface area contributed by atoms with Gasteiger partial charge in [-0.25, -0.2) is 4.39 Å². The van der Waals surface area contributed by atoms with Crippen LogP contribution in [0.15, 0.2) is 53.0 Å². The maximum absolute atomic E-state index is 13.4. The predicted octanol–water partition coefficient (Wildman–Crippen LogP) is 3.73. The molecule has 0 heterocycles. The molecule has 1 atom stereocenters. The summed E-state index contributed by atoms with van der Waals surface area (Å²) in [6.07, 6.45) is -0.870. The summed E-state index contributed by atoms with van der Waals surface area (Å²) in [6.45, 7) is 0.261. The highest BCUT2D eigenvalue weighted by Crippen LogP contribution is 2.19. The van der Waals surface area contributed by atoms with Crippen LogP contribution in [-0.4, -0.2) is 11.7 Å². The Morgan fingerprint density at radius 2 is 1.94 bits per heavy atom. The largest absolute Gasteiger partial charge is 0.386 e. The summed E-state index contributed by atoms with van der Waals surface area (Å²) in [6, 6.07) is 13.8. The third-order valence-electron chi connectivity index (χ3n) is 2.59. The zero-order valence-corrected chi connectivity index (χ0v) is 11.2. The van der Waals surface area contributed by atoms with Gasteiger partial charge in [-0.15, -0.1) is 0 Å². The third-order valence-corrected chi connectivity index (χ3v) is 3.08. The van der Waals surface area contributed by atoms with Crippen LogP contribution in [0.25, 0.3) is 0 Å². The molecular weight excluding hydrogens is 297 g/mol. The molecule has 0 aliphatic rings. The molecule has 0 bridgehead atoms. The van der Waals surface area contributed by atoms with E-state index in [2.05, 4.69) is 21.2 Å². The average Bonchev–Trinajstić information content (AvgIpc) is 2.37. The second-order valence-electron chi connectivity index (χ2n) is 3.93. The molecule has 0 saturated carbocycles. The van der Waals surface area contributed by atoms with Crippen molar-refractivity contribution < 1.29 is 9.50 Å². The van der Waals surface area contributed by atoms with Crippen LogP contribution in [-0.2, 0) is 0 Å². The standard InChI is InChI=1S/C14H13BrFNO/c15-10-4-3-5-11(8-10)17-9-14(18)12-6-1-2-7-13(12)16/h1-8,14,17-18H,9H2. The number of rotatable bonds is 4. The molecule has 0 aromatic heterocycles. The molecule has 1 unspecified atom stereocenters. The lowest BCUT2D eigenvalue weighted by molar-refractivity contribution is 0.186. The number of aliphatic hydroxyl groups is 1. The molecule has 0 radical (unpaired) electrons. The number of halogens is 2. The Labute approximate surface area is 114 Å². The van der Waals surface area contributed by atoms with Crippen LogP contribution >= 0.6 is 15.9 Å². The molecule has 2 nitrogen and oxygen atoms in total. The van der Waals surface area contributed by atoms with Crippen molar-refractivity contribution in [3.63, 3.8) is 0 Å². The highest BCUT2D eigenvalue weighted by Gasteiger charge is 2.11. The normalized spacial score (nSPS) is 12.2. The number of anilines is 1. The van der Waals surface area contributed by atoms with Crippen LogP contribution in [0.1, 0.15) is 11.7 Å². The van der Waals surface area contributed by atoms with Gasteiger partial charge < -0.3 is 10.4 Å². The van der Waals surface area contributed by atoms with Gasteiger partial charge in [0.2, 0.25) is 0 Å². The summed E-state index contributed by atoms with van der Waals surface area (Å²) < 4.78 is 14.4. The first-order valence-electron chi connectivity index (χ1n) is 5.59. The fourth-order valence-corrected chi connectivity index (χ4v) is 2.07. The lowest BCUT2D eigenvalue weighted by atomic mass is 10.1. The Morgan fingerprint density at radius 3 is 2.67 bits per heavy atom. The summed E-state index contributed by atoms with van der Waals surface area (Å²) in [4.78, 5) is 0. The molecule has 0 fully saturated rings. The van der Waals surface area contributed by atoms with E-state index in [-0.39, 0.29) is 12.4 Å². The maximum Gasteiger partial charge on any atom is 0.129 e. The quantitative estimate of drug-likeness (QED) is 0.902. The minimum atomic E-state index is -0.870. The SMILES string of the molecule is OC(CNc1cccc(Br)c1)c1ccccc1F. The van der Waals surface area contributed by atoms with Gasteiger partial charge in [-0.3, -0.25) is 0 Å². The van der Waals surface area contributed by atoms with Gasteiger partial charge in [-0.1, -0.05) is 40.2 Å². The fourth-order valence-electron chi connectivity index (χ4n) is 1.67. The molecule has 0 aliphatic heterocycles. The number of nitrogens with one attached hydrogen (secondary N) is 1. The lowest BCUT2D eigenvalue weighted by Crippen LogP contribution is -2.13. The van der Waals surface area contributed by atoms with Crippen LogP contribution in [0.2, 0.25) is 0 Å². The van der Waals surface area contributed by atoms with Gasteiger partial charge in [0, 0.05) is 22.3 Å². The first-order valence-corrected chi connectivity index (χ1v) is 6.38. The highest BCUT2D eigenvalue weighted by atomic mass is 79.9. The monoisotopic (exact) mass is 309 g/mol. The Balaban J connectivity index is 2.00. The van der Waals surface area contributed by atoms with Crippen LogP contribution in [0.4, 0.5) is 10.1 Å². The summed E-state index contributed by atoms with van der Waals surface area (Å²) >= 11 is 3.36. The fraction of sp³-hybridized carbons (Fsp3) is 0.143. The molecule has 0 spiro atoms. The molecule has 18 heavy (non-hydrogen) atoms. The van der Waals surface area contributed by atoms with E-state index >= 15 is 0 Å². The maximum atomic E-state index is 13.4. The van der Waals surface area contributed by atoms with E-state index in [0.717, 1.165) is 10.2 Å².